The van der Waals surface area contributed by atoms with Crippen LogP contribution in [0.3, 0.4) is 0 Å². The summed E-state index contributed by atoms with van der Waals surface area (Å²) in [7, 11) is 1.63. The molecule has 0 saturated heterocycles. The Morgan fingerprint density at radius 1 is 1.03 bits per heavy atom. The summed E-state index contributed by atoms with van der Waals surface area (Å²) >= 11 is 0. The summed E-state index contributed by atoms with van der Waals surface area (Å²) in [6.45, 7) is 1.54. The molecular formula is C22H22N8O2. The van der Waals surface area contributed by atoms with Gasteiger partial charge in [0.05, 0.1) is 24.9 Å². The number of fused-ring (bicyclic) bond motifs is 2. The average molecular weight is 430 g/mol. The standard InChI is InChI=1S/C22H22N8O2/c1-31-9-10-32-20-12-17(6-8-24-20)26-19-13-25-21-22(27-19)30(29-28-21)14-15-4-5-18-16(11-15)3-2-7-23-18/h2-8,11-13,29H,9-10,14H2,1H3,(H,25,28)(H,24,26,27). The largest absolute Gasteiger partial charge is 0.475 e. The normalized spacial score (nSPS) is 12.5. The molecule has 0 aliphatic carbocycles. The fourth-order valence-corrected chi connectivity index (χ4v) is 3.35. The van der Waals surface area contributed by atoms with Gasteiger partial charge >= 0.3 is 0 Å². The third-order valence-corrected chi connectivity index (χ3v) is 4.87. The van der Waals surface area contributed by atoms with Crippen molar-refractivity contribution in [1.82, 2.24) is 25.5 Å². The second kappa shape index (κ2) is 9.00. The molecule has 0 bridgehead atoms. The minimum absolute atomic E-state index is 0.433. The van der Waals surface area contributed by atoms with E-state index in [0.29, 0.717) is 43.1 Å². The predicted molar refractivity (Wildman–Crippen MR) is 122 cm³/mol. The lowest BCUT2D eigenvalue weighted by Crippen LogP contribution is -2.35. The summed E-state index contributed by atoms with van der Waals surface area (Å²) in [4.78, 5) is 17.8. The van der Waals surface area contributed by atoms with Crippen molar-refractivity contribution in [3.05, 3.63) is 66.6 Å². The molecule has 10 nitrogen and oxygen atoms in total. The van der Waals surface area contributed by atoms with Crippen LogP contribution in [0.1, 0.15) is 5.56 Å². The second-order valence-electron chi connectivity index (χ2n) is 7.13. The Hall–Kier alpha value is -4.02. The van der Waals surface area contributed by atoms with Crippen LogP contribution in [-0.4, -0.2) is 40.3 Å². The molecule has 3 aromatic heterocycles. The molecule has 0 fully saturated rings. The number of hydrogen-bond donors (Lipinski definition) is 3. The number of nitrogens with one attached hydrogen (secondary N) is 3. The predicted octanol–water partition coefficient (Wildman–Crippen LogP) is 3.04. The van der Waals surface area contributed by atoms with Crippen LogP contribution in [0.15, 0.2) is 61.1 Å². The molecule has 0 atom stereocenters. The Morgan fingerprint density at radius 2 is 2.00 bits per heavy atom. The van der Waals surface area contributed by atoms with Crippen molar-refractivity contribution in [3.8, 4) is 5.88 Å². The number of rotatable bonds is 8. The molecular weight excluding hydrogens is 408 g/mol. The second-order valence-corrected chi connectivity index (χ2v) is 7.13. The van der Waals surface area contributed by atoms with Gasteiger partial charge in [0.25, 0.3) is 0 Å². The van der Waals surface area contributed by atoms with Crippen molar-refractivity contribution < 1.29 is 9.47 Å². The van der Waals surface area contributed by atoms with Gasteiger partial charge in [-0.25, -0.2) is 15.0 Å². The molecule has 1 aliphatic heterocycles. The lowest BCUT2D eigenvalue weighted by Gasteiger charge is -2.17. The molecule has 0 saturated carbocycles. The van der Waals surface area contributed by atoms with Crippen LogP contribution in [0.25, 0.3) is 10.9 Å². The van der Waals surface area contributed by atoms with Crippen LogP contribution in [0, 0.1) is 0 Å². The Balaban J connectivity index is 1.31. The molecule has 1 aliphatic rings. The molecule has 162 valence electrons. The highest BCUT2D eigenvalue weighted by atomic mass is 16.5. The maximum absolute atomic E-state index is 5.57. The highest BCUT2D eigenvalue weighted by molar-refractivity contribution is 5.79. The highest BCUT2D eigenvalue weighted by Crippen LogP contribution is 2.29. The highest BCUT2D eigenvalue weighted by Gasteiger charge is 2.22. The number of benzene rings is 1. The van der Waals surface area contributed by atoms with Gasteiger partial charge in [-0.2, -0.15) is 0 Å². The minimum Gasteiger partial charge on any atom is -0.475 e. The van der Waals surface area contributed by atoms with Crippen molar-refractivity contribution in [2.45, 2.75) is 6.54 Å². The number of ether oxygens (including phenoxy) is 2. The SMILES string of the molecule is COCCOc1cc(Nc2cnc3c(n2)N(Cc2ccc4ncccc4c2)NN3)ccn1. The van der Waals surface area contributed by atoms with Gasteiger partial charge in [-0.15, -0.1) is 5.53 Å². The lowest BCUT2D eigenvalue weighted by molar-refractivity contribution is 0.144. The minimum atomic E-state index is 0.433. The Labute approximate surface area is 184 Å². The van der Waals surface area contributed by atoms with Gasteiger partial charge in [-0.3, -0.25) is 15.4 Å². The number of nitrogens with zero attached hydrogens (tertiary/aromatic N) is 5. The topological polar surface area (TPSA) is 109 Å². The molecule has 0 radical (unpaired) electrons. The molecule has 0 unspecified atom stereocenters. The first-order valence-electron chi connectivity index (χ1n) is 10.1. The van der Waals surface area contributed by atoms with E-state index in [4.69, 9.17) is 14.5 Å². The van der Waals surface area contributed by atoms with Crippen LogP contribution in [0.2, 0.25) is 0 Å². The van der Waals surface area contributed by atoms with Crippen molar-refractivity contribution in [2.75, 3.05) is 36.1 Å². The molecule has 0 amide bonds. The van der Waals surface area contributed by atoms with E-state index in [1.54, 1.807) is 25.7 Å². The molecule has 4 aromatic rings. The Morgan fingerprint density at radius 3 is 2.94 bits per heavy atom. The summed E-state index contributed by atoms with van der Waals surface area (Å²) in [5.41, 5.74) is 9.07. The molecule has 1 aromatic carbocycles. The number of hydrogen-bond acceptors (Lipinski definition) is 10. The van der Waals surface area contributed by atoms with Gasteiger partial charge in [0, 0.05) is 36.6 Å². The van der Waals surface area contributed by atoms with Gasteiger partial charge in [0.1, 0.15) is 6.61 Å². The van der Waals surface area contributed by atoms with Crippen molar-refractivity contribution >= 4 is 34.0 Å². The maximum Gasteiger partial charge on any atom is 0.215 e. The van der Waals surface area contributed by atoms with E-state index in [0.717, 1.165) is 22.2 Å². The molecule has 32 heavy (non-hydrogen) atoms. The van der Waals surface area contributed by atoms with E-state index >= 15 is 0 Å². The number of anilines is 4. The quantitative estimate of drug-likeness (QED) is 0.361. The van der Waals surface area contributed by atoms with Crippen molar-refractivity contribution in [3.63, 3.8) is 0 Å². The smallest absolute Gasteiger partial charge is 0.215 e. The van der Waals surface area contributed by atoms with E-state index < -0.39 is 0 Å². The molecule has 5 rings (SSSR count). The first kappa shape index (κ1) is 19.9. The van der Waals surface area contributed by atoms with E-state index in [-0.39, 0.29) is 0 Å². The third kappa shape index (κ3) is 4.36. The van der Waals surface area contributed by atoms with Crippen LogP contribution in [-0.2, 0) is 11.3 Å². The van der Waals surface area contributed by atoms with E-state index in [2.05, 4.69) is 49.4 Å². The monoisotopic (exact) mass is 430 g/mol. The molecule has 10 heteroatoms. The Kier molecular flexibility index (Phi) is 5.60. The average Bonchev–Trinajstić information content (AvgIpc) is 3.21. The molecule has 0 spiro atoms. The van der Waals surface area contributed by atoms with Gasteiger partial charge < -0.3 is 14.8 Å². The van der Waals surface area contributed by atoms with Gasteiger partial charge in [0.2, 0.25) is 5.88 Å². The number of methoxy groups -OCH3 is 1. The fourth-order valence-electron chi connectivity index (χ4n) is 3.35. The summed E-state index contributed by atoms with van der Waals surface area (Å²) in [6, 6.07) is 13.9. The van der Waals surface area contributed by atoms with E-state index in [1.165, 1.54) is 0 Å². The van der Waals surface area contributed by atoms with Gasteiger partial charge in [0.15, 0.2) is 17.5 Å². The number of hydrazine groups is 2. The van der Waals surface area contributed by atoms with Crippen molar-refractivity contribution in [2.24, 2.45) is 0 Å². The lowest BCUT2D eigenvalue weighted by atomic mass is 10.1. The van der Waals surface area contributed by atoms with Gasteiger partial charge in [-0.1, -0.05) is 12.1 Å². The van der Waals surface area contributed by atoms with Gasteiger partial charge in [-0.05, 0) is 29.8 Å². The summed E-state index contributed by atoms with van der Waals surface area (Å²) < 4.78 is 10.6. The summed E-state index contributed by atoms with van der Waals surface area (Å²) in [5, 5.41) is 6.27. The zero-order chi connectivity index (χ0) is 21.8. The number of pyridine rings is 2. The summed E-state index contributed by atoms with van der Waals surface area (Å²) in [6.07, 6.45) is 5.14. The van der Waals surface area contributed by atoms with Crippen LogP contribution in [0.5, 0.6) is 5.88 Å². The van der Waals surface area contributed by atoms with E-state index in [1.807, 2.05) is 29.3 Å². The van der Waals surface area contributed by atoms with E-state index in [9.17, 15) is 0 Å². The zero-order valence-electron chi connectivity index (χ0n) is 17.4. The third-order valence-electron chi connectivity index (χ3n) is 4.87. The summed E-state index contributed by atoms with van der Waals surface area (Å²) in [5.74, 6) is 2.48. The zero-order valence-corrected chi connectivity index (χ0v) is 17.4. The Bertz CT molecular complexity index is 1240. The van der Waals surface area contributed by atoms with Crippen LogP contribution >= 0.6 is 0 Å². The maximum atomic E-state index is 5.57. The first-order valence-corrected chi connectivity index (χ1v) is 10.1. The van der Waals surface area contributed by atoms with Crippen LogP contribution in [0.4, 0.5) is 23.1 Å². The fraction of sp³-hybridized carbons (Fsp3) is 0.182. The molecule has 3 N–H and O–H groups in total. The number of aromatic nitrogens is 4. The van der Waals surface area contributed by atoms with Crippen molar-refractivity contribution in [1.29, 1.82) is 0 Å². The first-order chi connectivity index (χ1) is 15.8. The molecule has 4 heterocycles. The van der Waals surface area contributed by atoms with Crippen LogP contribution < -0.4 is 26.0 Å².